The Labute approximate surface area is 185 Å². The highest BCUT2D eigenvalue weighted by Gasteiger charge is 2.41. The number of anilines is 1. The lowest BCUT2D eigenvalue weighted by atomic mass is 9.96. The molecule has 0 aromatic heterocycles. The van der Waals surface area contributed by atoms with Crippen molar-refractivity contribution in [1.82, 2.24) is 9.80 Å². The van der Waals surface area contributed by atoms with Crippen molar-refractivity contribution in [1.29, 1.82) is 0 Å². The SMILES string of the molecule is CC(C)N1CCN(c2ccc3c(c2)[C@H]2C[C@H]3CCN2C(=O)OCc2ccccc2)CC1. The van der Waals surface area contributed by atoms with Gasteiger partial charge in [0, 0.05) is 44.5 Å². The highest BCUT2D eigenvalue weighted by atomic mass is 16.6. The summed E-state index contributed by atoms with van der Waals surface area (Å²) in [6.45, 7) is 10.0. The predicted octanol–water partition coefficient (Wildman–Crippen LogP) is 4.79. The van der Waals surface area contributed by atoms with E-state index in [2.05, 4.69) is 41.8 Å². The van der Waals surface area contributed by atoms with Gasteiger partial charge in [0.2, 0.25) is 0 Å². The van der Waals surface area contributed by atoms with Crippen molar-refractivity contribution in [2.24, 2.45) is 0 Å². The van der Waals surface area contributed by atoms with Gasteiger partial charge in [-0.05, 0) is 61.4 Å². The predicted molar refractivity (Wildman–Crippen MR) is 123 cm³/mol. The number of nitrogens with zero attached hydrogens (tertiary/aromatic N) is 3. The van der Waals surface area contributed by atoms with Crippen LogP contribution in [0.15, 0.2) is 48.5 Å². The highest BCUT2D eigenvalue weighted by molar-refractivity contribution is 5.70. The molecule has 2 aromatic carbocycles. The van der Waals surface area contributed by atoms with Gasteiger partial charge in [-0.25, -0.2) is 4.79 Å². The number of carbonyl (C=O) groups excluding carboxylic acids is 1. The molecule has 2 saturated heterocycles. The molecule has 2 fully saturated rings. The minimum Gasteiger partial charge on any atom is -0.445 e. The van der Waals surface area contributed by atoms with E-state index in [1.54, 1.807) is 0 Å². The molecular weight excluding hydrogens is 386 g/mol. The Morgan fingerprint density at radius 1 is 1.00 bits per heavy atom. The number of likely N-dealkylation sites (tertiary alicyclic amines) is 1. The molecule has 164 valence electrons. The van der Waals surface area contributed by atoms with Gasteiger partial charge in [-0.2, -0.15) is 0 Å². The van der Waals surface area contributed by atoms with Crippen molar-refractivity contribution in [2.45, 2.75) is 51.3 Å². The summed E-state index contributed by atoms with van der Waals surface area (Å²) in [5.74, 6) is 0.574. The van der Waals surface area contributed by atoms with E-state index < -0.39 is 0 Å². The number of fused-ring (bicyclic) bond motifs is 5. The summed E-state index contributed by atoms with van der Waals surface area (Å²) in [5, 5.41) is 0. The van der Waals surface area contributed by atoms with E-state index >= 15 is 0 Å². The van der Waals surface area contributed by atoms with Gasteiger partial charge in [0.05, 0.1) is 6.04 Å². The van der Waals surface area contributed by atoms with Crippen LogP contribution < -0.4 is 4.90 Å². The average molecular weight is 420 g/mol. The third-order valence-electron chi connectivity index (χ3n) is 7.32. The van der Waals surface area contributed by atoms with Crippen LogP contribution in [0, 0.1) is 0 Å². The smallest absolute Gasteiger partial charge is 0.410 e. The first-order valence-corrected chi connectivity index (χ1v) is 11.7. The number of amides is 1. The number of carbonyl (C=O) groups is 1. The van der Waals surface area contributed by atoms with E-state index in [0.717, 1.165) is 51.1 Å². The van der Waals surface area contributed by atoms with E-state index in [-0.39, 0.29) is 12.1 Å². The highest BCUT2D eigenvalue weighted by Crippen LogP contribution is 2.50. The normalized spacial score (nSPS) is 23.2. The van der Waals surface area contributed by atoms with E-state index in [9.17, 15) is 4.79 Å². The molecule has 31 heavy (non-hydrogen) atoms. The zero-order valence-corrected chi connectivity index (χ0v) is 18.7. The van der Waals surface area contributed by atoms with Crippen LogP contribution in [-0.2, 0) is 11.3 Å². The van der Waals surface area contributed by atoms with Gasteiger partial charge in [-0.1, -0.05) is 36.4 Å². The van der Waals surface area contributed by atoms with Gasteiger partial charge < -0.3 is 14.5 Å². The number of hydrogen-bond donors (Lipinski definition) is 0. The number of hydrogen-bond acceptors (Lipinski definition) is 4. The van der Waals surface area contributed by atoms with Crippen molar-refractivity contribution >= 4 is 11.8 Å². The minimum absolute atomic E-state index is 0.147. The summed E-state index contributed by atoms with van der Waals surface area (Å²) >= 11 is 0. The summed E-state index contributed by atoms with van der Waals surface area (Å²) < 4.78 is 5.68. The molecule has 0 N–H and O–H groups in total. The van der Waals surface area contributed by atoms with Crippen molar-refractivity contribution in [3.05, 3.63) is 65.2 Å². The van der Waals surface area contributed by atoms with Crippen LogP contribution in [0.2, 0.25) is 0 Å². The standard InChI is InChI=1S/C26H33N3O2/c1-19(2)27-12-14-28(15-13-27)22-8-9-23-21-10-11-29(25(16-21)24(23)17-22)26(30)31-18-20-6-4-3-5-7-20/h3-9,17,19,21,25H,10-16,18H2,1-2H3/t21-,25-/m1/s1. The third kappa shape index (κ3) is 4.03. The molecule has 5 rings (SSSR count). The quantitative estimate of drug-likeness (QED) is 0.714. The number of piperidine rings is 1. The molecule has 5 heteroatoms. The van der Waals surface area contributed by atoms with E-state index in [1.807, 2.05) is 35.2 Å². The first-order valence-electron chi connectivity index (χ1n) is 11.7. The van der Waals surface area contributed by atoms with Crippen LogP contribution in [-0.4, -0.2) is 54.7 Å². The van der Waals surface area contributed by atoms with Crippen LogP contribution in [0.3, 0.4) is 0 Å². The first-order chi connectivity index (χ1) is 15.1. The van der Waals surface area contributed by atoms with Gasteiger partial charge in [0.15, 0.2) is 0 Å². The van der Waals surface area contributed by atoms with Crippen molar-refractivity contribution in [3.63, 3.8) is 0 Å². The van der Waals surface area contributed by atoms with Gasteiger partial charge in [0.1, 0.15) is 6.61 Å². The van der Waals surface area contributed by atoms with Crippen LogP contribution in [0.5, 0.6) is 0 Å². The molecule has 1 amide bonds. The Balaban J connectivity index is 1.29. The minimum atomic E-state index is -0.184. The summed E-state index contributed by atoms with van der Waals surface area (Å²) in [4.78, 5) is 19.9. The molecule has 1 aliphatic carbocycles. The zero-order valence-electron chi connectivity index (χ0n) is 18.7. The number of rotatable bonds is 4. The molecule has 0 spiro atoms. The van der Waals surface area contributed by atoms with E-state index in [4.69, 9.17) is 4.74 Å². The van der Waals surface area contributed by atoms with E-state index in [1.165, 1.54) is 16.8 Å². The lowest BCUT2D eigenvalue weighted by Gasteiger charge is -2.38. The zero-order chi connectivity index (χ0) is 21.4. The summed E-state index contributed by atoms with van der Waals surface area (Å²) in [5.41, 5.74) is 5.10. The van der Waals surface area contributed by atoms with Gasteiger partial charge in [0.25, 0.3) is 0 Å². The van der Waals surface area contributed by atoms with Gasteiger partial charge in [-0.3, -0.25) is 4.90 Å². The molecule has 3 aliphatic rings. The van der Waals surface area contributed by atoms with Crippen LogP contribution >= 0.6 is 0 Å². The Morgan fingerprint density at radius 3 is 2.52 bits per heavy atom. The molecule has 2 bridgehead atoms. The lowest BCUT2D eigenvalue weighted by molar-refractivity contribution is 0.0694. The second kappa shape index (κ2) is 8.54. The molecule has 2 aromatic rings. The second-order valence-corrected chi connectivity index (χ2v) is 9.40. The van der Waals surface area contributed by atoms with Crippen molar-refractivity contribution in [2.75, 3.05) is 37.6 Å². The number of ether oxygens (including phenoxy) is 1. The van der Waals surface area contributed by atoms with Crippen molar-refractivity contribution in [3.8, 4) is 0 Å². The number of piperazine rings is 1. The molecule has 0 unspecified atom stereocenters. The summed E-state index contributed by atoms with van der Waals surface area (Å²) in [7, 11) is 0. The molecule has 5 nitrogen and oxygen atoms in total. The van der Waals surface area contributed by atoms with Crippen LogP contribution in [0.1, 0.15) is 55.3 Å². The van der Waals surface area contributed by atoms with E-state index in [0.29, 0.717) is 18.6 Å². The largest absolute Gasteiger partial charge is 0.445 e. The van der Waals surface area contributed by atoms with Gasteiger partial charge in [-0.15, -0.1) is 0 Å². The Morgan fingerprint density at radius 2 is 1.77 bits per heavy atom. The maximum Gasteiger partial charge on any atom is 0.410 e. The fourth-order valence-corrected chi connectivity index (χ4v) is 5.48. The molecule has 0 saturated carbocycles. The summed E-state index contributed by atoms with van der Waals surface area (Å²) in [6.07, 6.45) is 1.87. The second-order valence-electron chi connectivity index (χ2n) is 9.40. The Kier molecular flexibility index (Phi) is 5.61. The Hall–Kier alpha value is -2.53. The lowest BCUT2D eigenvalue weighted by Crippen LogP contribution is -2.48. The third-order valence-corrected chi connectivity index (χ3v) is 7.32. The van der Waals surface area contributed by atoms with Crippen LogP contribution in [0.4, 0.5) is 10.5 Å². The number of benzene rings is 2. The average Bonchev–Trinajstić information content (AvgIpc) is 3.09. The fourth-order valence-electron chi connectivity index (χ4n) is 5.48. The monoisotopic (exact) mass is 419 g/mol. The maximum absolute atomic E-state index is 12.9. The first kappa shape index (κ1) is 20.4. The molecule has 0 radical (unpaired) electrons. The topological polar surface area (TPSA) is 36.0 Å². The molecule has 2 aliphatic heterocycles. The van der Waals surface area contributed by atoms with Gasteiger partial charge >= 0.3 is 6.09 Å². The Bertz CT molecular complexity index is 922. The van der Waals surface area contributed by atoms with Crippen LogP contribution in [0.25, 0.3) is 0 Å². The molecular formula is C26H33N3O2. The summed E-state index contributed by atoms with van der Waals surface area (Å²) in [6, 6.07) is 17.6. The molecule has 2 atom stereocenters. The van der Waals surface area contributed by atoms with Crippen molar-refractivity contribution < 1.29 is 9.53 Å². The fraction of sp³-hybridized carbons (Fsp3) is 0.500. The molecule has 2 heterocycles. The maximum atomic E-state index is 12.9.